The van der Waals surface area contributed by atoms with Crippen LogP contribution in [0.5, 0.6) is 0 Å². The predicted octanol–water partition coefficient (Wildman–Crippen LogP) is 1.71. The average molecular weight is 315 g/mol. The number of hydrogen-bond donors (Lipinski definition) is 1. The highest BCUT2D eigenvalue weighted by molar-refractivity contribution is 5.92. The summed E-state index contributed by atoms with van der Waals surface area (Å²) < 4.78 is 5.72. The molecule has 0 unspecified atom stereocenters. The second-order valence-corrected chi connectivity index (χ2v) is 6.66. The van der Waals surface area contributed by atoms with Crippen LogP contribution in [-0.4, -0.2) is 50.7 Å². The molecule has 3 rings (SSSR count). The van der Waals surface area contributed by atoms with Crippen molar-refractivity contribution in [2.24, 2.45) is 0 Å². The molecule has 0 aromatic carbocycles. The van der Waals surface area contributed by atoms with Gasteiger partial charge in [-0.05, 0) is 6.07 Å². The molecule has 1 aliphatic rings. The van der Waals surface area contributed by atoms with Gasteiger partial charge in [-0.15, -0.1) is 0 Å². The molecule has 1 amide bonds. The van der Waals surface area contributed by atoms with E-state index in [2.05, 4.69) is 40.9 Å². The summed E-state index contributed by atoms with van der Waals surface area (Å²) in [7, 11) is 0. The lowest BCUT2D eigenvalue weighted by Crippen LogP contribution is -2.42. The first kappa shape index (κ1) is 15.6. The van der Waals surface area contributed by atoms with Gasteiger partial charge in [-0.1, -0.05) is 20.8 Å². The van der Waals surface area contributed by atoms with Crippen LogP contribution < -0.4 is 0 Å². The highest BCUT2D eigenvalue weighted by Crippen LogP contribution is 2.23. The molecule has 0 bridgehead atoms. The molecular weight excluding hydrogens is 294 g/mol. The smallest absolute Gasteiger partial charge is 0.274 e. The Labute approximate surface area is 135 Å². The SMILES string of the molecule is CC(C)(C)c1cc(C(=O)N2CCO[C@@H](c3cnccn3)C2)n[nH]1. The molecule has 2 aromatic heterocycles. The maximum absolute atomic E-state index is 12.7. The minimum atomic E-state index is -0.248. The molecule has 2 aromatic rings. The largest absolute Gasteiger partial charge is 0.368 e. The van der Waals surface area contributed by atoms with E-state index < -0.39 is 0 Å². The van der Waals surface area contributed by atoms with Gasteiger partial charge < -0.3 is 9.64 Å². The predicted molar refractivity (Wildman–Crippen MR) is 83.9 cm³/mol. The highest BCUT2D eigenvalue weighted by Gasteiger charge is 2.29. The Morgan fingerprint density at radius 2 is 2.22 bits per heavy atom. The highest BCUT2D eigenvalue weighted by atomic mass is 16.5. The number of carbonyl (C=O) groups is 1. The standard InChI is InChI=1S/C16H21N5O2/c1-16(2,3)14-8-11(19-20-14)15(22)21-6-7-23-13(10-21)12-9-17-4-5-18-12/h4-5,8-9,13H,6-7,10H2,1-3H3,(H,19,20)/t13-/m1/s1. The topological polar surface area (TPSA) is 84.0 Å². The summed E-state index contributed by atoms with van der Waals surface area (Å²) in [4.78, 5) is 22.7. The molecule has 23 heavy (non-hydrogen) atoms. The Balaban J connectivity index is 1.73. The van der Waals surface area contributed by atoms with E-state index in [9.17, 15) is 4.79 Å². The van der Waals surface area contributed by atoms with Crippen molar-refractivity contribution in [3.8, 4) is 0 Å². The van der Waals surface area contributed by atoms with E-state index in [0.717, 1.165) is 11.4 Å². The van der Waals surface area contributed by atoms with Crippen molar-refractivity contribution < 1.29 is 9.53 Å². The van der Waals surface area contributed by atoms with Crippen LogP contribution in [0, 0.1) is 0 Å². The number of nitrogens with one attached hydrogen (secondary N) is 1. The number of H-pyrrole nitrogens is 1. The van der Waals surface area contributed by atoms with E-state index in [-0.39, 0.29) is 17.4 Å². The molecule has 7 nitrogen and oxygen atoms in total. The Bertz CT molecular complexity index is 677. The van der Waals surface area contributed by atoms with Gasteiger partial charge in [0.25, 0.3) is 5.91 Å². The molecule has 1 N–H and O–H groups in total. The summed E-state index contributed by atoms with van der Waals surface area (Å²) in [6.45, 7) is 7.71. The molecule has 0 spiro atoms. The number of morpholine rings is 1. The molecule has 1 atom stereocenters. The van der Waals surface area contributed by atoms with Crippen LogP contribution in [0.4, 0.5) is 0 Å². The van der Waals surface area contributed by atoms with Crippen molar-refractivity contribution in [1.82, 2.24) is 25.1 Å². The van der Waals surface area contributed by atoms with Crippen molar-refractivity contribution in [3.63, 3.8) is 0 Å². The molecule has 0 aliphatic carbocycles. The van der Waals surface area contributed by atoms with Crippen LogP contribution in [0.25, 0.3) is 0 Å². The number of aromatic amines is 1. The van der Waals surface area contributed by atoms with Crippen LogP contribution in [0.1, 0.15) is 48.8 Å². The van der Waals surface area contributed by atoms with Crippen molar-refractivity contribution in [3.05, 3.63) is 41.7 Å². The number of rotatable bonds is 2. The van der Waals surface area contributed by atoms with Crippen LogP contribution in [0.15, 0.2) is 24.7 Å². The van der Waals surface area contributed by atoms with E-state index in [1.54, 1.807) is 23.5 Å². The normalized spacial score (nSPS) is 18.9. The van der Waals surface area contributed by atoms with Crippen LogP contribution in [-0.2, 0) is 10.2 Å². The lowest BCUT2D eigenvalue weighted by molar-refractivity contribution is -0.0250. The molecule has 122 valence electrons. The summed E-state index contributed by atoms with van der Waals surface area (Å²) in [6.07, 6.45) is 4.67. The van der Waals surface area contributed by atoms with E-state index >= 15 is 0 Å². The Kier molecular flexibility index (Phi) is 4.12. The quantitative estimate of drug-likeness (QED) is 0.912. The number of aromatic nitrogens is 4. The van der Waals surface area contributed by atoms with Crippen molar-refractivity contribution in [1.29, 1.82) is 0 Å². The van der Waals surface area contributed by atoms with Gasteiger partial charge in [0, 0.05) is 30.0 Å². The lowest BCUT2D eigenvalue weighted by Gasteiger charge is -2.32. The zero-order valence-corrected chi connectivity index (χ0v) is 13.6. The number of ether oxygens (including phenoxy) is 1. The molecule has 1 saturated heterocycles. The molecular formula is C16H21N5O2. The third-order valence-electron chi connectivity index (χ3n) is 3.87. The second-order valence-electron chi connectivity index (χ2n) is 6.66. The first-order chi connectivity index (χ1) is 10.9. The van der Waals surface area contributed by atoms with Crippen LogP contribution >= 0.6 is 0 Å². The Hall–Kier alpha value is -2.28. The fourth-order valence-electron chi connectivity index (χ4n) is 2.47. The number of carbonyl (C=O) groups excluding carboxylic acids is 1. The van der Waals surface area contributed by atoms with E-state index in [1.807, 2.05) is 6.07 Å². The second kappa shape index (κ2) is 6.08. The average Bonchev–Trinajstić information content (AvgIpc) is 3.05. The zero-order valence-electron chi connectivity index (χ0n) is 13.6. The first-order valence-corrected chi connectivity index (χ1v) is 7.68. The van der Waals surface area contributed by atoms with Crippen molar-refractivity contribution in [2.75, 3.05) is 19.7 Å². The van der Waals surface area contributed by atoms with Crippen LogP contribution in [0.3, 0.4) is 0 Å². The van der Waals surface area contributed by atoms with Gasteiger partial charge in [0.15, 0.2) is 0 Å². The van der Waals surface area contributed by atoms with Gasteiger partial charge in [0.05, 0.1) is 25.0 Å². The van der Waals surface area contributed by atoms with Crippen molar-refractivity contribution in [2.45, 2.75) is 32.3 Å². The third kappa shape index (κ3) is 3.39. The molecule has 3 heterocycles. The van der Waals surface area contributed by atoms with Gasteiger partial charge in [-0.25, -0.2) is 0 Å². The molecule has 0 radical (unpaired) electrons. The summed E-state index contributed by atoms with van der Waals surface area (Å²) in [5, 5.41) is 7.13. The minimum absolute atomic E-state index is 0.0707. The zero-order chi connectivity index (χ0) is 16.4. The van der Waals surface area contributed by atoms with Crippen LogP contribution in [0.2, 0.25) is 0 Å². The monoisotopic (exact) mass is 315 g/mol. The fourth-order valence-corrected chi connectivity index (χ4v) is 2.47. The van der Waals surface area contributed by atoms with Gasteiger partial charge >= 0.3 is 0 Å². The van der Waals surface area contributed by atoms with E-state index in [4.69, 9.17) is 4.74 Å². The van der Waals surface area contributed by atoms with Crippen molar-refractivity contribution >= 4 is 5.91 Å². The summed E-state index contributed by atoms with van der Waals surface area (Å²) >= 11 is 0. The Morgan fingerprint density at radius 3 is 2.87 bits per heavy atom. The maximum atomic E-state index is 12.7. The number of amides is 1. The summed E-state index contributed by atoms with van der Waals surface area (Å²) in [6, 6.07) is 1.83. The molecule has 7 heteroatoms. The lowest BCUT2D eigenvalue weighted by atomic mass is 9.92. The Morgan fingerprint density at radius 1 is 1.39 bits per heavy atom. The molecule has 0 saturated carbocycles. The van der Waals surface area contributed by atoms with E-state index in [1.165, 1.54) is 0 Å². The fraction of sp³-hybridized carbons (Fsp3) is 0.500. The molecule has 1 fully saturated rings. The van der Waals surface area contributed by atoms with Gasteiger partial charge in [0.2, 0.25) is 0 Å². The van der Waals surface area contributed by atoms with Gasteiger partial charge in [0.1, 0.15) is 11.8 Å². The third-order valence-corrected chi connectivity index (χ3v) is 3.87. The number of nitrogens with zero attached hydrogens (tertiary/aromatic N) is 4. The summed E-state index contributed by atoms with van der Waals surface area (Å²) in [5.41, 5.74) is 2.05. The number of hydrogen-bond acceptors (Lipinski definition) is 5. The first-order valence-electron chi connectivity index (χ1n) is 7.68. The summed E-state index contributed by atoms with van der Waals surface area (Å²) in [5.74, 6) is -0.0889. The van der Waals surface area contributed by atoms with Gasteiger partial charge in [-0.3, -0.25) is 19.9 Å². The maximum Gasteiger partial charge on any atom is 0.274 e. The van der Waals surface area contributed by atoms with E-state index in [0.29, 0.717) is 25.4 Å². The molecule has 1 aliphatic heterocycles. The minimum Gasteiger partial charge on any atom is -0.368 e. The van der Waals surface area contributed by atoms with Gasteiger partial charge in [-0.2, -0.15) is 5.10 Å².